The van der Waals surface area contributed by atoms with E-state index in [1.807, 2.05) is 30.7 Å². The summed E-state index contributed by atoms with van der Waals surface area (Å²) in [5, 5.41) is 3.30. The van der Waals surface area contributed by atoms with Crippen molar-refractivity contribution in [3.8, 4) is 0 Å². The number of aliphatic imine (C=N–C) groups is 1. The fraction of sp³-hybridized carbons (Fsp3) is 0.900. The molecule has 0 aromatic carbocycles. The third kappa shape index (κ3) is 9.96. The maximum absolute atomic E-state index is 12.3. The number of unbranched alkanes of at least 4 members (excludes halogenated alkanes) is 1. The molecule has 1 saturated heterocycles. The van der Waals surface area contributed by atoms with E-state index in [-0.39, 0.29) is 29.9 Å². The van der Waals surface area contributed by atoms with E-state index in [9.17, 15) is 4.79 Å². The summed E-state index contributed by atoms with van der Waals surface area (Å²) in [5.41, 5.74) is 0. The molecule has 1 amide bonds. The number of hydrogen-bond acceptors (Lipinski definition) is 3. The Hall–Kier alpha value is -0.570. The van der Waals surface area contributed by atoms with Crippen molar-refractivity contribution in [3.05, 3.63) is 0 Å². The zero-order valence-electron chi connectivity index (χ0n) is 18.2. The molecule has 1 fully saturated rings. The quantitative estimate of drug-likeness (QED) is 0.219. The molecule has 0 spiro atoms. The minimum Gasteiger partial charge on any atom is -0.357 e. The first kappa shape index (κ1) is 26.4. The van der Waals surface area contributed by atoms with Crippen LogP contribution >= 0.6 is 24.0 Å². The van der Waals surface area contributed by atoms with Gasteiger partial charge in [-0.15, -0.1) is 24.0 Å². The Bertz CT molecular complexity index is 429. The second kappa shape index (κ2) is 15.4. The van der Waals surface area contributed by atoms with E-state index < -0.39 is 0 Å². The van der Waals surface area contributed by atoms with Gasteiger partial charge in [-0.3, -0.25) is 9.79 Å². The summed E-state index contributed by atoms with van der Waals surface area (Å²) in [5.74, 6) is 0.988. The van der Waals surface area contributed by atoms with E-state index in [0.717, 1.165) is 44.6 Å². The van der Waals surface area contributed by atoms with Crippen molar-refractivity contribution in [2.75, 3.05) is 52.9 Å². The average Bonchev–Trinajstić information content (AvgIpc) is 2.63. The van der Waals surface area contributed by atoms with Crippen LogP contribution in [0.4, 0.5) is 0 Å². The summed E-state index contributed by atoms with van der Waals surface area (Å²) in [7, 11) is 1.94. The number of halogens is 1. The summed E-state index contributed by atoms with van der Waals surface area (Å²) < 4.78 is 0. The fourth-order valence-corrected chi connectivity index (χ4v) is 3.53. The van der Waals surface area contributed by atoms with Gasteiger partial charge in [0.05, 0.1) is 6.54 Å². The van der Waals surface area contributed by atoms with Gasteiger partial charge < -0.3 is 20.0 Å². The number of carbonyl (C=O) groups excluding carboxylic acids is 1. The highest BCUT2D eigenvalue weighted by Crippen LogP contribution is 2.16. The van der Waals surface area contributed by atoms with Crippen molar-refractivity contribution in [1.82, 2.24) is 20.0 Å². The Morgan fingerprint density at radius 3 is 2.48 bits per heavy atom. The maximum atomic E-state index is 12.3. The average molecular weight is 495 g/mol. The molecule has 1 N–H and O–H groups in total. The molecule has 160 valence electrons. The topological polar surface area (TPSA) is 51.2 Å². The Morgan fingerprint density at radius 2 is 1.89 bits per heavy atom. The number of rotatable bonds is 10. The van der Waals surface area contributed by atoms with Gasteiger partial charge in [0.15, 0.2) is 5.96 Å². The molecular weight excluding hydrogens is 453 g/mol. The minimum absolute atomic E-state index is 0. The van der Waals surface area contributed by atoms with E-state index in [0.29, 0.717) is 6.54 Å². The molecule has 0 bridgehead atoms. The molecule has 1 aliphatic rings. The highest BCUT2D eigenvalue weighted by atomic mass is 127. The van der Waals surface area contributed by atoms with Gasteiger partial charge in [-0.1, -0.05) is 6.42 Å². The smallest absolute Gasteiger partial charge is 0.242 e. The minimum atomic E-state index is 0. The van der Waals surface area contributed by atoms with E-state index in [4.69, 9.17) is 4.99 Å². The van der Waals surface area contributed by atoms with Gasteiger partial charge in [-0.2, -0.15) is 0 Å². The lowest BCUT2D eigenvalue weighted by atomic mass is 10.0. The number of nitrogens with zero attached hydrogens (tertiary/aromatic N) is 4. The highest BCUT2D eigenvalue weighted by molar-refractivity contribution is 14.0. The van der Waals surface area contributed by atoms with Crippen LogP contribution in [0.3, 0.4) is 0 Å². The molecule has 0 aromatic rings. The van der Waals surface area contributed by atoms with E-state index >= 15 is 0 Å². The Morgan fingerprint density at radius 1 is 1.19 bits per heavy atom. The lowest BCUT2D eigenvalue weighted by Crippen LogP contribution is -2.45. The summed E-state index contributed by atoms with van der Waals surface area (Å²) in [6, 6.07) is 0.738. The van der Waals surface area contributed by atoms with E-state index in [1.165, 1.54) is 38.8 Å². The van der Waals surface area contributed by atoms with Gasteiger partial charge in [0.25, 0.3) is 0 Å². The van der Waals surface area contributed by atoms with Crippen LogP contribution in [-0.2, 0) is 4.79 Å². The van der Waals surface area contributed by atoms with Gasteiger partial charge in [-0.05, 0) is 66.5 Å². The summed E-state index contributed by atoms with van der Waals surface area (Å²) in [6.07, 6.45) is 6.35. The highest BCUT2D eigenvalue weighted by Gasteiger charge is 2.17. The lowest BCUT2D eigenvalue weighted by molar-refractivity contribution is -0.131. The van der Waals surface area contributed by atoms with Crippen LogP contribution in [0.2, 0.25) is 0 Å². The molecule has 0 saturated carbocycles. The second-order valence-electron chi connectivity index (χ2n) is 7.25. The van der Waals surface area contributed by atoms with Crippen LogP contribution in [0.25, 0.3) is 0 Å². The number of piperidine rings is 1. The van der Waals surface area contributed by atoms with Crippen molar-refractivity contribution in [2.45, 2.75) is 65.8 Å². The predicted octanol–water partition coefficient (Wildman–Crippen LogP) is 3.02. The van der Waals surface area contributed by atoms with Crippen LogP contribution in [-0.4, -0.2) is 85.5 Å². The largest absolute Gasteiger partial charge is 0.357 e. The molecular formula is C20H42IN5O. The molecule has 1 aliphatic heterocycles. The van der Waals surface area contributed by atoms with Gasteiger partial charge in [0.1, 0.15) is 0 Å². The summed E-state index contributed by atoms with van der Waals surface area (Å²) in [4.78, 5) is 23.4. The number of likely N-dealkylation sites (tertiary alicyclic amines) is 1. The van der Waals surface area contributed by atoms with Crippen LogP contribution < -0.4 is 5.32 Å². The number of guanidine groups is 1. The molecule has 1 heterocycles. The molecule has 1 rings (SSSR count). The summed E-state index contributed by atoms with van der Waals surface area (Å²) in [6.45, 7) is 14.4. The predicted molar refractivity (Wildman–Crippen MR) is 126 cm³/mol. The first-order chi connectivity index (χ1) is 12.5. The molecule has 7 heteroatoms. The number of amides is 1. The van der Waals surface area contributed by atoms with Crippen LogP contribution in [0.15, 0.2) is 4.99 Å². The SMILES string of the molecule is CCNC(=NCCCCN1CCCCC1C)N(C)CC(=O)N(CC)CC.I. The van der Waals surface area contributed by atoms with Crippen molar-refractivity contribution in [1.29, 1.82) is 0 Å². The Balaban J connectivity index is 0.00000676. The Kier molecular flexibility index (Phi) is 15.0. The standard InChI is InChI=1S/C20H41N5O.HI/c1-6-21-20(23(5)17-19(26)24(7-2)8-3)22-14-10-12-16-25-15-11-9-13-18(25)4;/h18H,6-17H2,1-5H3,(H,21,22);1H. The first-order valence-electron chi connectivity index (χ1n) is 10.5. The third-order valence-corrected chi connectivity index (χ3v) is 5.24. The number of hydrogen-bond donors (Lipinski definition) is 1. The van der Waals surface area contributed by atoms with Crippen LogP contribution in [0, 0.1) is 0 Å². The van der Waals surface area contributed by atoms with E-state index in [2.05, 4.69) is 24.1 Å². The normalized spacial score (nSPS) is 18.0. The van der Waals surface area contributed by atoms with Gasteiger partial charge in [-0.25, -0.2) is 0 Å². The van der Waals surface area contributed by atoms with Crippen molar-refractivity contribution >= 4 is 35.8 Å². The number of nitrogens with one attached hydrogen (secondary N) is 1. The zero-order chi connectivity index (χ0) is 19.4. The van der Waals surface area contributed by atoms with Crippen molar-refractivity contribution in [2.24, 2.45) is 4.99 Å². The first-order valence-corrected chi connectivity index (χ1v) is 10.5. The Labute approximate surface area is 184 Å². The number of likely N-dealkylation sites (N-methyl/N-ethyl adjacent to an activating group) is 2. The van der Waals surface area contributed by atoms with Gasteiger partial charge in [0, 0.05) is 39.3 Å². The van der Waals surface area contributed by atoms with Gasteiger partial charge in [0.2, 0.25) is 5.91 Å². The number of carbonyl (C=O) groups is 1. The molecule has 27 heavy (non-hydrogen) atoms. The fourth-order valence-electron chi connectivity index (χ4n) is 3.53. The molecule has 0 aromatic heterocycles. The summed E-state index contributed by atoms with van der Waals surface area (Å²) >= 11 is 0. The van der Waals surface area contributed by atoms with E-state index in [1.54, 1.807) is 0 Å². The van der Waals surface area contributed by atoms with Crippen LogP contribution in [0.5, 0.6) is 0 Å². The van der Waals surface area contributed by atoms with Crippen molar-refractivity contribution < 1.29 is 4.79 Å². The maximum Gasteiger partial charge on any atom is 0.242 e. The third-order valence-electron chi connectivity index (χ3n) is 5.24. The molecule has 1 unspecified atom stereocenters. The second-order valence-corrected chi connectivity index (χ2v) is 7.25. The van der Waals surface area contributed by atoms with Crippen molar-refractivity contribution in [3.63, 3.8) is 0 Å². The van der Waals surface area contributed by atoms with Gasteiger partial charge >= 0.3 is 0 Å². The lowest BCUT2D eigenvalue weighted by Gasteiger charge is -2.33. The molecule has 1 atom stereocenters. The molecule has 0 radical (unpaired) electrons. The monoisotopic (exact) mass is 495 g/mol. The molecule has 0 aliphatic carbocycles. The molecule has 6 nitrogen and oxygen atoms in total. The zero-order valence-corrected chi connectivity index (χ0v) is 20.5. The van der Waals surface area contributed by atoms with Crippen LogP contribution in [0.1, 0.15) is 59.8 Å².